The van der Waals surface area contributed by atoms with E-state index in [4.69, 9.17) is 0 Å². The van der Waals surface area contributed by atoms with Gasteiger partial charge in [0.05, 0.1) is 4.90 Å². The maximum absolute atomic E-state index is 12.7. The third-order valence-corrected chi connectivity index (χ3v) is 6.96. The molecule has 1 amide bonds. The molecule has 130 valence electrons. The summed E-state index contributed by atoms with van der Waals surface area (Å²) in [5.74, 6) is 0.479. The van der Waals surface area contributed by atoms with Crippen LogP contribution in [-0.4, -0.2) is 49.7 Å². The second kappa shape index (κ2) is 7.37. The van der Waals surface area contributed by atoms with Crippen molar-refractivity contribution in [3.8, 4) is 0 Å². The third-order valence-electron chi connectivity index (χ3n) is 4.57. The number of halogens is 1. The summed E-state index contributed by atoms with van der Waals surface area (Å²) in [5.41, 5.74) is 0. The van der Waals surface area contributed by atoms with Crippen molar-refractivity contribution in [3.63, 3.8) is 0 Å². The number of allylic oxidation sites excluding steroid dienone is 2. The molecule has 5 nitrogen and oxygen atoms in total. The molecule has 0 spiro atoms. The van der Waals surface area contributed by atoms with Crippen LogP contribution in [0.1, 0.15) is 19.3 Å². The van der Waals surface area contributed by atoms with E-state index in [1.54, 1.807) is 29.2 Å². The zero-order chi connectivity index (χ0) is 17.2. The van der Waals surface area contributed by atoms with Gasteiger partial charge in [-0.1, -0.05) is 34.1 Å². The predicted molar refractivity (Wildman–Crippen MR) is 96.0 cm³/mol. The van der Waals surface area contributed by atoms with Gasteiger partial charge in [0.15, 0.2) is 0 Å². The first kappa shape index (κ1) is 17.6. The molecule has 7 heteroatoms. The summed E-state index contributed by atoms with van der Waals surface area (Å²) in [7, 11) is -3.50. The van der Waals surface area contributed by atoms with Gasteiger partial charge in [-0.3, -0.25) is 4.79 Å². The van der Waals surface area contributed by atoms with E-state index in [2.05, 4.69) is 28.1 Å². The van der Waals surface area contributed by atoms with Crippen molar-refractivity contribution >= 4 is 31.9 Å². The Morgan fingerprint density at radius 3 is 2.58 bits per heavy atom. The minimum atomic E-state index is -3.50. The lowest BCUT2D eigenvalue weighted by molar-refractivity contribution is -0.133. The SMILES string of the molecule is O=C(C[C@@H]1C=CCC1)N1CCN(S(=O)(=O)c2cccc(Br)c2)CC1. The van der Waals surface area contributed by atoms with Crippen LogP contribution in [0.15, 0.2) is 45.8 Å². The molecule has 0 unspecified atom stereocenters. The smallest absolute Gasteiger partial charge is 0.243 e. The molecule has 0 aromatic heterocycles. The van der Waals surface area contributed by atoms with Crippen molar-refractivity contribution in [3.05, 3.63) is 40.9 Å². The quantitative estimate of drug-likeness (QED) is 0.714. The lowest BCUT2D eigenvalue weighted by Gasteiger charge is -2.34. The average molecular weight is 413 g/mol. The van der Waals surface area contributed by atoms with Crippen molar-refractivity contribution in [1.82, 2.24) is 9.21 Å². The molecule has 1 aromatic rings. The predicted octanol–water partition coefficient (Wildman–Crippen LogP) is 2.64. The molecule has 0 N–H and O–H groups in total. The van der Waals surface area contributed by atoms with E-state index in [0.717, 1.165) is 17.3 Å². The van der Waals surface area contributed by atoms with Crippen LogP contribution in [0.2, 0.25) is 0 Å². The molecule has 1 aromatic carbocycles. The number of rotatable bonds is 4. The van der Waals surface area contributed by atoms with Gasteiger partial charge in [0.2, 0.25) is 15.9 Å². The Kier molecular flexibility index (Phi) is 5.42. The number of hydrogen-bond donors (Lipinski definition) is 0. The highest BCUT2D eigenvalue weighted by molar-refractivity contribution is 9.10. The molecular formula is C17H21BrN2O3S. The van der Waals surface area contributed by atoms with Gasteiger partial charge in [-0.25, -0.2) is 8.42 Å². The summed E-state index contributed by atoms with van der Waals surface area (Å²) < 4.78 is 27.6. The normalized spacial score (nSPS) is 22.0. The van der Waals surface area contributed by atoms with Gasteiger partial charge in [0.1, 0.15) is 0 Å². The van der Waals surface area contributed by atoms with Crippen LogP contribution in [0.5, 0.6) is 0 Å². The van der Waals surface area contributed by atoms with E-state index in [1.165, 1.54) is 4.31 Å². The number of carbonyl (C=O) groups is 1. The molecular weight excluding hydrogens is 392 g/mol. The fourth-order valence-corrected chi connectivity index (χ4v) is 5.19. The molecule has 1 aliphatic heterocycles. The molecule has 2 aliphatic rings. The number of carbonyl (C=O) groups excluding carboxylic acids is 1. The fraction of sp³-hybridized carbons (Fsp3) is 0.471. The lowest BCUT2D eigenvalue weighted by Crippen LogP contribution is -2.50. The van der Waals surface area contributed by atoms with Crippen LogP contribution in [0.4, 0.5) is 0 Å². The molecule has 1 atom stereocenters. The second-order valence-electron chi connectivity index (χ2n) is 6.21. The summed E-state index contributed by atoms with van der Waals surface area (Å²) in [6.45, 7) is 1.62. The van der Waals surface area contributed by atoms with Crippen LogP contribution in [0, 0.1) is 5.92 Å². The maximum atomic E-state index is 12.7. The average Bonchev–Trinajstić information content (AvgIpc) is 3.08. The van der Waals surface area contributed by atoms with Crippen molar-refractivity contribution in [2.75, 3.05) is 26.2 Å². The Bertz CT molecular complexity index is 740. The van der Waals surface area contributed by atoms with Crippen molar-refractivity contribution < 1.29 is 13.2 Å². The van der Waals surface area contributed by atoms with Crippen molar-refractivity contribution in [2.24, 2.45) is 5.92 Å². The zero-order valence-electron chi connectivity index (χ0n) is 13.4. The van der Waals surface area contributed by atoms with E-state index in [9.17, 15) is 13.2 Å². The zero-order valence-corrected chi connectivity index (χ0v) is 15.8. The Morgan fingerprint density at radius 1 is 1.21 bits per heavy atom. The van der Waals surface area contributed by atoms with Gasteiger partial charge in [0, 0.05) is 37.1 Å². The van der Waals surface area contributed by atoms with Gasteiger partial charge in [-0.2, -0.15) is 4.31 Å². The van der Waals surface area contributed by atoms with Crippen LogP contribution in [0.25, 0.3) is 0 Å². The number of nitrogens with zero attached hydrogens (tertiary/aromatic N) is 2. The largest absolute Gasteiger partial charge is 0.340 e. The Labute approximate surface area is 151 Å². The van der Waals surface area contributed by atoms with E-state index in [-0.39, 0.29) is 10.8 Å². The highest BCUT2D eigenvalue weighted by atomic mass is 79.9. The third kappa shape index (κ3) is 3.90. The Balaban J connectivity index is 1.60. The van der Waals surface area contributed by atoms with Crippen LogP contribution in [0.3, 0.4) is 0 Å². The van der Waals surface area contributed by atoms with E-state index in [1.807, 2.05) is 0 Å². The number of hydrogen-bond acceptors (Lipinski definition) is 3. The molecule has 24 heavy (non-hydrogen) atoms. The summed E-state index contributed by atoms with van der Waals surface area (Å²) in [4.78, 5) is 14.4. The standard InChI is InChI=1S/C17H21BrN2O3S/c18-15-6-3-7-16(13-15)24(22,23)20-10-8-19(9-11-20)17(21)12-14-4-1-2-5-14/h1,3-4,6-7,13-14H,2,5,8-12H2/t14-/m1/s1. The number of amides is 1. The van der Waals surface area contributed by atoms with Crippen molar-refractivity contribution in [2.45, 2.75) is 24.2 Å². The molecule has 0 radical (unpaired) electrons. The minimum Gasteiger partial charge on any atom is -0.340 e. The first-order valence-electron chi connectivity index (χ1n) is 8.17. The highest BCUT2D eigenvalue weighted by Crippen LogP contribution is 2.23. The van der Waals surface area contributed by atoms with Crippen molar-refractivity contribution in [1.29, 1.82) is 0 Å². The summed E-state index contributed by atoms with van der Waals surface area (Å²) in [6.07, 6.45) is 6.88. The van der Waals surface area contributed by atoms with Crippen LogP contribution < -0.4 is 0 Å². The minimum absolute atomic E-state index is 0.131. The topological polar surface area (TPSA) is 57.7 Å². The van der Waals surface area contributed by atoms with Crippen LogP contribution in [-0.2, 0) is 14.8 Å². The van der Waals surface area contributed by atoms with Gasteiger partial charge in [-0.15, -0.1) is 0 Å². The first-order valence-corrected chi connectivity index (χ1v) is 10.4. The Hall–Kier alpha value is -1.18. The first-order chi connectivity index (χ1) is 11.5. The maximum Gasteiger partial charge on any atom is 0.243 e. The van der Waals surface area contributed by atoms with Gasteiger partial charge in [0.25, 0.3) is 0 Å². The van der Waals surface area contributed by atoms with E-state index in [0.29, 0.717) is 38.5 Å². The lowest BCUT2D eigenvalue weighted by atomic mass is 10.0. The molecule has 3 rings (SSSR count). The van der Waals surface area contributed by atoms with E-state index < -0.39 is 10.0 Å². The summed E-state index contributed by atoms with van der Waals surface area (Å²) in [6, 6.07) is 6.72. The molecule has 0 saturated carbocycles. The number of piperazine rings is 1. The fourth-order valence-electron chi connectivity index (χ4n) is 3.17. The highest BCUT2D eigenvalue weighted by Gasteiger charge is 2.30. The van der Waals surface area contributed by atoms with Gasteiger partial charge in [-0.05, 0) is 37.0 Å². The molecule has 1 aliphatic carbocycles. The number of benzene rings is 1. The van der Waals surface area contributed by atoms with E-state index >= 15 is 0 Å². The molecule has 1 saturated heterocycles. The van der Waals surface area contributed by atoms with Gasteiger partial charge < -0.3 is 4.90 Å². The summed E-state index contributed by atoms with van der Waals surface area (Å²) in [5, 5.41) is 0. The molecule has 1 heterocycles. The summed E-state index contributed by atoms with van der Waals surface area (Å²) >= 11 is 3.31. The number of sulfonamides is 1. The molecule has 0 bridgehead atoms. The molecule has 1 fully saturated rings. The monoisotopic (exact) mass is 412 g/mol. The second-order valence-corrected chi connectivity index (χ2v) is 9.07. The van der Waals surface area contributed by atoms with Crippen LogP contribution >= 0.6 is 15.9 Å². The Morgan fingerprint density at radius 2 is 1.96 bits per heavy atom. The van der Waals surface area contributed by atoms with Gasteiger partial charge >= 0.3 is 0 Å².